The summed E-state index contributed by atoms with van der Waals surface area (Å²) in [5, 5.41) is 7.47. The summed E-state index contributed by atoms with van der Waals surface area (Å²) in [4.78, 5) is 25.2. The molecular formula is C23H28N4O3. The molecule has 1 aromatic carbocycles. The van der Waals surface area contributed by atoms with E-state index in [-0.39, 0.29) is 24.0 Å². The molecule has 2 heterocycles. The zero-order valence-corrected chi connectivity index (χ0v) is 17.6. The summed E-state index contributed by atoms with van der Waals surface area (Å²) in [6, 6.07) is 7.70. The fourth-order valence-electron chi connectivity index (χ4n) is 3.90. The van der Waals surface area contributed by atoms with Gasteiger partial charge in [0.15, 0.2) is 0 Å². The number of aryl methyl sites for hydroxylation is 3. The van der Waals surface area contributed by atoms with Crippen LogP contribution in [-0.4, -0.2) is 26.2 Å². The van der Waals surface area contributed by atoms with Gasteiger partial charge in [-0.1, -0.05) is 12.1 Å². The van der Waals surface area contributed by atoms with E-state index in [4.69, 9.17) is 4.74 Å². The number of ether oxygens (including phenoxy) is 1. The van der Waals surface area contributed by atoms with E-state index in [1.54, 1.807) is 15.3 Å². The van der Waals surface area contributed by atoms with Crippen LogP contribution in [0.1, 0.15) is 49.9 Å². The zero-order valence-electron chi connectivity index (χ0n) is 17.6. The van der Waals surface area contributed by atoms with Gasteiger partial charge in [-0.3, -0.25) is 9.59 Å². The molecule has 1 N–H and O–H groups in total. The maximum Gasteiger partial charge on any atom is 0.276 e. The molecule has 1 aliphatic carbocycles. The highest BCUT2D eigenvalue weighted by atomic mass is 16.5. The van der Waals surface area contributed by atoms with Crippen LogP contribution in [0.15, 0.2) is 41.5 Å². The Morgan fingerprint density at radius 3 is 2.70 bits per heavy atom. The number of benzene rings is 1. The molecule has 0 unspecified atom stereocenters. The summed E-state index contributed by atoms with van der Waals surface area (Å²) in [6.07, 6.45) is 7.96. The van der Waals surface area contributed by atoms with Crippen molar-refractivity contribution in [3.8, 4) is 5.75 Å². The van der Waals surface area contributed by atoms with Crippen molar-refractivity contribution in [2.75, 3.05) is 0 Å². The summed E-state index contributed by atoms with van der Waals surface area (Å²) in [5.41, 5.74) is 3.72. The van der Waals surface area contributed by atoms with Crippen molar-refractivity contribution >= 4 is 11.4 Å². The number of carbonyl (C=O) groups excluding carboxylic acids is 1. The van der Waals surface area contributed by atoms with Gasteiger partial charge in [0, 0.05) is 37.5 Å². The van der Waals surface area contributed by atoms with Crippen LogP contribution < -0.4 is 15.6 Å². The molecule has 7 heteroatoms. The average molecular weight is 409 g/mol. The van der Waals surface area contributed by atoms with Crippen molar-refractivity contribution in [1.82, 2.24) is 19.5 Å². The first-order valence-electron chi connectivity index (χ1n) is 10.6. The molecule has 0 bridgehead atoms. The fraction of sp³-hybridized carbons (Fsp3) is 0.435. The van der Waals surface area contributed by atoms with Crippen molar-refractivity contribution in [3.05, 3.63) is 63.8 Å². The summed E-state index contributed by atoms with van der Waals surface area (Å²) in [6.45, 7) is 4.77. The van der Waals surface area contributed by atoms with Gasteiger partial charge >= 0.3 is 0 Å². The fourth-order valence-corrected chi connectivity index (χ4v) is 3.90. The van der Waals surface area contributed by atoms with E-state index < -0.39 is 0 Å². The third-order valence-electron chi connectivity index (χ3n) is 5.40. The van der Waals surface area contributed by atoms with E-state index in [1.807, 2.05) is 44.3 Å². The summed E-state index contributed by atoms with van der Waals surface area (Å²) in [5.74, 6) is 0.733. The molecule has 0 aliphatic heterocycles. The molecule has 0 fully saturated rings. The number of carbonyl (C=O) groups is 1. The minimum Gasteiger partial charge on any atom is -0.491 e. The predicted molar refractivity (Wildman–Crippen MR) is 115 cm³/mol. The second-order valence-electron chi connectivity index (χ2n) is 8.06. The van der Waals surface area contributed by atoms with Crippen LogP contribution in [0, 0.1) is 0 Å². The molecule has 3 aromatic rings. The largest absolute Gasteiger partial charge is 0.491 e. The molecule has 7 nitrogen and oxygen atoms in total. The smallest absolute Gasteiger partial charge is 0.276 e. The Morgan fingerprint density at radius 1 is 1.17 bits per heavy atom. The van der Waals surface area contributed by atoms with Crippen molar-refractivity contribution < 1.29 is 9.53 Å². The van der Waals surface area contributed by atoms with Gasteiger partial charge in [0.25, 0.3) is 5.56 Å². The minimum atomic E-state index is -0.0835. The molecule has 2 aromatic heterocycles. The molecule has 0 saturated heterocycles. The van der Waals surface area contributed by atoms with E-state index in [1.165, 1.54) is 0 Å². The Morgan fingerprint density at radius 2 is 1.93 bits per heavy atom. The van der Waals surface area contributed by atoms with E-state index in [2.05, 4.69) is 10.4 Å². The molecule has 1 amide bonds. The highest BCUT2D eigenvalue weighted by molar-refractivity contribution is 5.75. The Labute approximate surface area is 175 Å². The van der Waals surface area contributed by atoms with Crippen LogP contribution >= 0.6 is 0 Å². The number of hydrogen-bond donors (Lipinski definition) is 1. The molecular weight excluding hydrogens is 380 g/mol. The number of nitrogens with one attached hydrogen (secondary N) is 1. The SMILES string of the molecule is CC(C)Oc1ccc(CNC(=O)CCn2ccn3nc4c(c3c2=O)CCCC4)cc1. The van der Waals surface area contributed by atoms with Gasteiger partial charge in [-0.25, -0.2) is 4.52 Å². The summed E-state index contributed by atoms with van der Waals surface area (Å²) < 4.78 is 8.94. The lowest BCUT2D eigenvalue weighted by atomic mass is 9.97. The monoisotopic (exact) mass is 408 g/mol. The van der Waals surface area contributed by atoms with Gasteiger partial charge in [0.05, 0.1) is 11.8 Å². The van der Waals surface area contributed by atoms with E-state index in [0.717, 1.165) is 48.3 Å². The minimum absolute atomic E-state index is 0.0679. The van der Waals surface area contributed by atoms with Crippen LogP contribution in [0.25, 0.3) is 5.52 Å². The Kier molecular flexibility index (Phi) is 5.88. The van der Waals surface area contributed by atoms with Crippen LogP contribution in [0.4, 0.5) is 0 Å². The van der Waals surface area contributed by atoms with Gasteiger partial charge in [-0.05, 0) is 57.2 Å². The number of amides is 1. The van der Waals surface area contributed by atoms with E-state index in [0.29, 0.717) is 18.6 Å². The Hall–Kier alpha value is -3.09. The number of nitrogens with zero attached hydrogens (tertiary/aromatic N) is 3. The predicted octanol–water partition coefficient (Wildman–Crippen LogP) is 2.87. The summed E-state index contributed by atoms with van der Waals surface area (Å²) >= 11 is 0. The van der Waals surface area contributed by atoms with Crippen molar-refractivity contribution in [2.24, 2.45) is 0 Å². The third kappa shape index (κ3) is 4.40. The maximum absolute atomic E-state index is 12.9. The molecule has 0 radical (unpaired) electrons. The lowest BCUT2D eigenvalue weighted by molar-refractivity contribution is -0.121. The zero-order chi connectivity index (χ0) is 21.1. The van der Waals surface area contributed by atoms with Crippen molar-refractivity contribution in [3.63, 3.8) is 0 Å². The van der Waals surface area contributed by atoms with Gasteiger partial charge in [0.2, 0.25) is 5.91 Å². The number of hydrogen-bond acceptors (Lipinski definition) is 4. The second kappa shape index (κ2) is 8.73. The second-order valence-corrected chi connectivity index (χ2v) is 8.06. The van der Waals surface area contributed by atoms with Crippen molar-refractivity contribution in [2.45, 2.75) is 65.1 Å². The molecule has 0 spiro atoms. The first-order chi connectivity index (χ1) is 14.5. The Bertz CT molecular complexity index is 1100. The normalized spacial score (nSPS) is 13.4. The Balaban J connectivity index is 1.35. The summed E-state index contributed by atoms with van der Waals surface area (Å²) in [7, 11) is 0. The average Bonchev–Trinajstić information content (AvgIpc) is 3.12. The maximum atomic E-state index is 12.9. The van der Waals surface area contributed by atoms with Crippen LogP contribution in [0.2, 0.25) is 0 Å². The lowest BCUT2D eigenvalue weighted by Gasteiger charge is -2.11. The molecule has 1 aliphatic rings. The van der Waals surface area contributed by atoms with Gasteiger partial charge in [0.1, 0.15) is 11.3 Å². The molecule has 30 heavy (non-hydrogen) atoms. The van der Waals surface area contributed by atoms with Crippen LogP contribution in [-0.2, 0) is 30.7 Å². The third-order valence-corrected chi connectivity index (χ3v) is 5.40. The number of rotatable bonds is 7. The van der Waals surface area contributed by atoms with Crippen molar-refractivity contribution in [1.29, 1.82) is 0 Å². The van der Waals surface area contributed by atoms with Gasteiger partial charge in [-0.2, -0.15) is 5.10 Å². The molecule has 0 saturated carbocycles. The van der Waals surface area contributed by atoms with Gasteiger partial charge < -0.3 is 14.6 Å². The standard InChI is InChI=1S/C23H28N4O3/c1-16(2)30-18-9-7-17(8-10-18)15-24-21(28)11-12-26-13-14-27-22(23(26)29)19-5-3-4-6-20(19)25-27/h7-10,13-14,16H,3-6,11-12,15H2,1-2H3,(H,24,28). The van der Waals surface area contributed by atoms with Crippen LogP contribution in [0.3, 0.4) is 0 Å². The quantitative estimate of drug-likeness (QED) is 0.652. The first-order valence-corrected chi connectivity index (χ1v) is 10.6. The molecule has 0 atom stereocenters. The highest BCUT2D eigenvalue weighted by Crippen LogP contribution is 2.22. The molecule has 4 rings (SSSR count). The number of aromatic nitrogens is 3. The lowest BCUT2D eigenvalue weighted by Crippen LogP contribution is -2.27. The molecule has 158 valence electrons. The highest BCUT2D eigenvalue weighted by Gasteiger charge is 2.19. The topological polar surface area (TPSA) is 77.6 Å². The first kappa shape index (κ1) is 20.2. The van der Waals surface area contributed by atoms with E-state index in [9.17, 15) is 9.59 Å². The van der Waals surface area contributed by atoms with Crippen LogP contribution in [0.5, 0.6) is 5.75 Å². The van der Waals surface area contributed by atoms with Gasteiger partial charge in [-0.15, -0.1) is 0 Å². The number of fused-ring (bicyclic) bond motifs is 3. The van der Waals surface area contributed by atoms with E-state index >= 15 is 0 Å².